The third kappa shape index (κ3) is 1.15. The Morgan fingerprint density at radius 1 is 1.27 bits per heavy atom. The van der Waals surface area contributed by atoms with Gasteiger partial charge in [-0.15, -0.1) is 11.3 Å². The number of hydrogen-bond acceptors (Lipinski definition) is 3. The average molecular weight is 182 g/mol. The highest BCUT2D eigenvalue weighted by molar-refractivity contribution is 7.94. The number of thiophene rings is 1. The van der Waals surface area contributed by atoms with E-state index in [1.807, 2.05) is 23.6 Å². The van der Waals surface area contributed by atoms with Crippen LogP contribution in [0.15, 0.2) is 34.5 Å². The molecule has 3 heteroatoms. The van der Waals surface area contributed by atoms with Crippen molar-refractivity contribution in [2.75, 3.05) is 0 Å². The molecule has 0 saturated heterocycles. The van der Waals surface area contributed by atoms with Crippen LogP contribution in [0.1, 0.15) is 0 Å². The van der Waals surface area contributed by atoms with E-state index in [4.69, 9.17) is 4.55 Å². The number of benzene rings is 1. The topological polar surface area (TPSA) is 20.2 Å². The minimum atomic E-state index is 0.815. The zero-order chi connectivity index (χ0) is 7.68. The molecule has 56 valence electrons. The lowest BCUT2D eigenvalue weighted by atomic mass is 10.3. The summed E-state index contributed by atoms with van der Waals surface area (Å²) in [5.74, 6) is 0. The maximum Gasteiger partial charge on any atom is 0.0536 e. The van der Waals surface area contributed by atoms with Gasteiger partial charge in [0, 0.05) is 27.5 Å². The zero-order valence-corrected chi connectivity index (χ0v) is 7.28. The first-order chi connectivity index (χ1) is 5.42. The highest BCUT2D eigenvalue weighted by Crippen LogP contribution is 2.31. The molecule has 1 heterocycles. The first-order valence-electron chi connectivity index (χ1n) is 3.19. The first kappa shape index (κ1) is 7.16. The molecule has 1 N–H and O–H groups in total. The molecule has 1 aromatic heterocycles. The average Bonchev–Trinajstić information content (AvgIpc) is 2.47. The van der Waals surface area contributed by atoms with E-state index in [0.29, 0.717) is 0 Å². The molecule has 0 aliphatic rings. The monoisotopic (exact) mass is 182 g/mol. The van der Waals surface area contributed by atoms with Crippen LogP contribution < -0.4 is 0 Å². The van der Waals surface area contributed by atoms with E-state index in [2.05, 4.69) is 6.07 Å². The molecule has 0 aliphatic heterocycles. The van der Waals surface area contributed by atoms with Crippen molar-refractivity contribution >= 4 is 33.5 Å². The molecular weight excluding hydrogens is 176 g/mol. The van der Waals surface area contributed by atoms with Gasteiger partial charge >= 0.3 is 0 Å². The summed E-state index contributed by atoms with van der Waals surface area (Å²) in [6.07, 6.45) is 0. The van der Waals surface area contributed by atoms with Gasteiger partial charge in [0.15, 0.2) is 0 Å². The minimum Gasteiger partial charge on any atom is -0.325 e. The van der Waals surface area contributed by atoms with Gasteiger partial charge in [-0.3, -0.25) is 0 Å². The molecule has 0 radical (unpaired) electrons. The van der Waals surface area contributed by atoms with E-state index in [9.17, 15) is 0 Å². The molecule has 0 fully saturated rings. The highest BCUT2D eigenvalue weighted by Gasteiger charge is 2.00. The Bertz CT molecular complexity index is 367. The third-order valence-electron chi connectivity index (χ3n) is 1.54. The van der Waals surface area contributed by atoms with Gasteiger partial charge in [0.05, 0.1) is 4.90 Å². The minimum absolute atomic E-state index is 0.815. The van der Waals surface area contributed by atoms with Crippen LogP contribution in [0.3, 0.4) is 0 Å². The maximum absolute atomic E-state index is 8.85. The molecular formula is C8H6OS2. The lowest BCUT2D eigenvalue weighted by molar-refractivity contribution is 0.665. The van der Waals surface area contributed by atoms with Gasteiger partial charge in [-0.05, 0) is 6.07 Å². The summed E-state index contributed by atoms with van der Waals surface area (Å²) in [5, 5.41) is 3.11. The maximum atomic E-state index is 8.85. The van der Waals surface area contributed by atoms with Crippen LogP contribution >= 0.6 is 23.4 Å². The molecule has 11 heavy (non-hydrogen) atoms. The van der Waals surface area contributed by atoms with E-state index in [0.717, 1.165) is 22.3 Å². The molecule has 2 rings (SSSR count). The summed E-state index contributed by atoms with van der Waals surface area (Å²) < 4.78 is 10.1. The second-order valence-corrected chi connectivity index (χ2v) is 3.72. The largest absolute Gasteiger partial charge is 0.325 e. The van der Waals surface area contributed by atoms with Crippen molar-refractivity contribution in [2.24, 2.45) is 0 Å². The predicted molar refractivity (Wildman–Crippen MR) is 50.3 cm³/mol. The lowest BCUT2D eigenvalue weighted by Crippen LogP contribution is -1.64. The van der Waals surface area contributed by atoms with Crippen LogP contribution in [0.2, 0.25) is 0 Å². The van der Waals surface area contributed by atoms with E-state index in [1.165, 1.54) is 4.70 Å². The number of fused-ring (bicyclic) bond motifs is 1. The molecule has 0 amide bonds. The van der Waals surface area contributed by atoms with Crippen LogP contribution in [0.4, 0.5) is 0 Å². The second-order valence-electron chi connectivity index (χ2n) is 2.19. The molecule has 0 unspecified atom stereocenters. The second kappa shape index (κ2) is 2.85. The fraction of sp³-hybridized carbons (Fsp3) is 0. The van der Waals surface area contributed by atoms with Crippen LogP contribution in [0.25, 0.3) is 10.1 Å². The number of hydrogen-bond donors (Lipinski definition) is 1. The van der Waals surface area contributed by atoms with Crippen molar-refractivity contribution in [3.05, 3.63) is 29.6 Å². The van der Waals surface area contributed by atoms with Crippen LogP contribution in [0, 0.1) is 0 Å². The molecule has 0 saturated carbocycles. The summed E-state index contributed by atoms with van der Waals surface area (Å²) >= 11 is 2.47. The van der Waals surface area contributed by atoms with E-state index in [-0.39, 0.29) is 0 Å². The van der Waals surface area contributed by atoms with Crippen molar-refractivity contribution in [2.45, 2.75) is 4.90 Å². The summed E-state index contributed by atoms with van der Waals surface area (Å²) in [6.45, 7) is 0. The predicted octanol–water partition coefficient (Wildman–Crippen LogP) is 3.47. The van der Waals surface area contributed by atoms with Crippen molar-refractivity contribution < 1.29 is 4.55 Å². The van der Waals surface area contributed by atoms with Gasteiger partial charge in [-0.25, -0.2) is 0 Å². The Balaban J connectivity index is 2.76. The van der Waals surface area contributed by atoms with Crippen LogP contribution in [-0.2, 0) is 0 Å². The summed E-state index contributed by atoms with van der Waals surface area (Å²) in [5.41, 5.74) is 0. The van der Waals surface area contributed by atoms with Crippen molar-refractivity contribution in [3.8, 4) is 0 Å². The fourth-order valence-corrected chi connectivity index (χ4v) is 2.50. The molecule has 0 atom stereocenters. The van der Waals surface area contributed by atoms with Crippen molar-refractivity contribution in [3.63, 3.8) is 0 Å². The normalized spacial score (nSPS) is 10.6. The fourth-order valence-electron chi connectivity index (χ4n) is 1.02. The molecule has 0 spiro atoms. The van der Waals surface area contributed by atoms with Gasteiger partial charge in [0.1, 0.15) is 0 Å². The number of rotatable bonds is 1. The summed E-state index contributed by atoms with van der Waals surface area (Å²) in [7, 11) is 0. The van der Waals surface area contributed by atoms with E-state index < -0.39 is 0 Å². The van der Waals surface area contributed by atoms with Gasteiger partial charge in [0.25, 0.3) is 0 Å². The SMILES string of the molecule is OSc1csc2ccccc12. The Kier molecular flexibility index (Phi) is 1.85. The lowest BCUT2D eigenvalue weighted by Gasteiger charge is -1.89. The summed E-state index contributed by atoms with van der Waals surface area (Å²) in [4.78, 5) is 0.950. The standard InChI is InChI=1S/C8H6OS2/c9-11-8-5-10-7-4-2-1-3-6(7)8/h1-5,9H. The Hall–Kier alpha value is -0.510. The molecule has 0 aliphatic carbocycles. The molecule has 0 bridgehead atoms. The zero-order valence-electron chi connectivity index (χ0n) is 5.65. The Morgan fingerprint density at radius 2 is 2.09 bits per heavy atom. The Morgan fingerprint density at radius 3 is 2.91 bits per heavy atom. The van der Waals surface area contributed by atoms with Gasteiger partial charge in [-0.1, -0.05) is 18.2 Å². The Labute approximate surface area is 72.9 Å². The third-order valence-corrected chi connectivity index (χ3v) is 3.19. The van der Waals surface area contributed by atoms with E-state index >= 15 is 0 Å². The van der Waals surface area contributed by atoms with Gasteiger partial charge < -0.3 is 4.55 Å². The van der Waals surface area contributed by atoms with E-state index in [1.54, 1.807) is 11.3 Å². The van der Waals surface area contributed by atoms with Crippen LogP contribution in [0.5, 0.6) is 0 Å². The smallest absolute Gasteiger partial charge is 0.0536 e. The molecule has 1 aromatic carbocycles. The highest BCUT2D eigenvalue weighted by atomic mass is 32.2. The molecule has 2 aromatic rings. The van der Waals surface area contributed by atoms with Crippen molar-refractivity contribution in [1.29, 1.82) is 0 Å². The van der Waals surface area contributed by atoms with Crippen LogP contribution in [-0.4, -0.2) is 4.55 Å². The van der Waals surface area contributed by atoms with Crippen molar-refractivity contribution in [1.82, 2.24) is 0 Å². The quantitative estimate of drug-likeness (QED) is 0.681. The van der Waals surface area contributed by atoms with Gasteiger partial charge in [0.2, 0.25) is 0 Å². The summed E-state index contributed by atoms with van der Waals surface area (Å²) in [6, 6.07) is 8.06. The molecule has 1 nitrogen and oxygen atoms in total. The first-order valence-corrected chi connectivity index (χ1v) is 4.85. The van der Waals surface area contributed by atoms with Gasteiger partial charge in [-0.2, -0.15) is 0 Å².